The predicted molar refractivity (Wildman–Crippen MR) is 64.5 cm³/mol. The molecule has 1 aromatic rings. The molecule has 0 aromatic heterocycles. The van der Waals surface area contributed by atoms with Crippen LogP contribution in [0.5, 0.6) is 0 Å². The van der Waals surface area contributed by atoms with E-state index in [2.05, 4.69) is 4.36 Å². The fourth-order valence-corrected chi connectivity index (χ4v) is 2.71. The maximum atomic E-state index is 13.1. The Kier molecular flexibility index (Phi) is 4.09. The lowest BCUT2D eigenvalue weighted by Crippen LogP contribution is -2.13. The first-order valence-corrected chi connectivity index (χ1v) is 7.01. The third-order valence-corrected chi connectivity index (χ3v) is 3.50. The van der Waals surface area contributed by atoms with Crippen LogP contribution in [0.15, 0.2) is 22.6 Å². The zero-order valence-electron chi connectivity index (χ0n) is 9.28. The van der Waals surface area contributed by atoms with E-state index in [0.717, 1.165) is 18.2 Å². The van der Waals surface area contributed by atoms with Crippen LogP contribution in [-0.2, 0) is 15.9 Å². The Bertz CT molecular complexity index is 554. The van der Waals surface area contributed by atoms with E-state index >= 15 is 0 Å². The van der Waals surface area contributed by atoms with Crippen molar-refractivity contribution in [2.75, 3.05) is 6.26 Å². The lowest BCUT2D eigenvalue weighted by molar-refractivity contribution is -0.385. The second-order valence-corrected chi connectivity index (χ2v) is 6.40. The molecule has 9 heteroatoms. The van der Waals surface area contributed by atoms with Gasteiger partial charge in [0.15, 0.2) is 0 Å². The molecule has 0 fully saturated rings. The van der Waals surface area contributed by atoms with E-state index in [1.807, 2.05) is 0 Å². The van der Waals surface area contributed by atoms with Crippen LogP contribution in [0.3, 0.4) is 0 Å². The average molecular weight is 278 g/mol. The minimum absolute atomic E-state index is 0.130. The fraction of sp³-hybridized carbons (Fsp3) is 0.222. The summed E-state index contributed by atoms with van der Waals surface area (Å²) >= 11 is 0. The van der Waals surface area contributed by atoms with Gasteiger partial charge in [0.1, 0.15) is 5.82 Å². The van der Waals surface area contributed by atoms with E-state index in [9.17, 15) is 23.9 Å². The van der Waals surface area contributed by atoms with Crippen LogP contribution in [-0.4, -0.2) is 26.9 Å². The number of nitro benzene ring substituents is 1. The first-order valence-electron chi connectivity index (χ1n) is 4.68. The van der Waals surface area contributed by atoms with Gasteiger partial charge in [0.05, 0.1) is 11.0 Å². The second-order valence-electron chi connectivity index (χ2n) is 3.70. The van der Waals surface area contributed by atoms with Gasteiger partial charge in [0.25, 0.3) is 5.69 Å². The number of halogens is 1. The van der Waals surface area contributed by atoms with E-state index in [1.165, 1.54) is 6.26 Å². The number of benzene rings is 1. The van der Waals surface area contributed by atoms with Crippen molar-refractivity contribution in [3.63, 3.8) is 0 Å². The smallest absolute Gasteiger partial charge is 0.437 e. The summed E-state index contributed by atoms with van der Waals surface area (Å²) < 4.78 is 25.9. The van der Waals surface area contributed by atoms with Crippen molar-refractivity contribution >= 4 is 21.9 Å². The van der Waals surface area contributed by atoms with Crippen LogP contribution >= 0.6 is 0 Å². The van der Waals surface area contributed by atoms with Gasteiger partial charge < -0.3 is 9.66 Å². The van der Waals surface area contributed by atoms with Gasteiger partial charge in [0, 0.05) is 11.8 Å². The van der Waals surface area contributed by atoms with Crippen LogP contribution in [0, 0.1) is 15.9 Å². The Hall–Kier alpha value is -1.87. The Morgan fingerprint density at radius 2 is 2.17 bits per heavy atom. The van der Waals surface area contributed by atoms with Crippen molar-refractivity contribution < 1.29 is 23.8 Å². The van der Waals surface area contributed by atoms with Crippen LogP contribution in [0.4, 0.5) is 14.9 Å². The van der Waals surface area contributed by atoms with E-state index < -0.39 is 32.6 Å². The molecule has 1 amide bonds. The number of non-ortho nitro benzene ring substituents is 1. The largest absolute Gasteiger partial charge is 0.463 e. The predicted octanol–water partition coefficient (Wildman–Crippen LogP) is 2.08. The number of thiol groups is 1. The Labute approximate surface area is 102 Å². The van der Waals surface area contributed by atoms with Crippen molar-refractivity contribution in [2.24, 2.45) is 4.36 Å². The van der Waals surface area contributed by atoms with Crippen molar-refractivity contribution in [2.45, 2.75) is 5.75 Å². The molecule has 0 saturated carbocycles. The molecule has 0 bridgehead atoms. The molecule has 1 rings (SSSR count). The normalized spacial score (nSPS) is 11.9. The Balaban J connectivity index is 3.12. The average Bonchev–Trinajstić information content (AvgIpc) is 2.12. The Morgan fingerprint density at radius 1 is 1.56 bits per heavy atom. The molecule has 0 aliphatic rings. The molecule has 0 atom stereocenters. The molecule has 7 nitrogen and oxygen atoms in total. The lowest BCUT2D eigenvalue weighted by Gasteiger charge is -2.16. The molecule has 0 radical (unpaired) electrons. The van der Waals surface area contributed by atoms with Crippen LogP contribution < -0.4 is 0 Å². The number of rotatable bonds is 3. The van der Waals surface area contributed by atoms with Crippen molar-refractivity contribution in [3.8, 4) is 0 Å². The number of hydrogen-bond donors (Lipinski definition) is 3. The van der Waals surface area contributed by atoms with Gasteiger partial charge in [-0.05, 0) is 17.9 Å². The van der Waals surface area contributed by atoms with Gasteiger partial charge in [-0.3, -0.25) is 10.1 Å². The zero-order chi connectivity index (χ0) is 13.9. The Morgan fingerprint density at radius 3 is 2.67 bits per heavy atom. The van der Waals surface area contributed by atoms with Crippen molar-refractivity contribution in [1.82, 2.24) is 0 Å². The highest BCUT2D eigenvalue weighted by molar-refractivity contribution is 7.98. The van der Waals surface area contributed by atoms with Gasteiger partial charge in [-0.2, -0.15) is 4.36 Å². The van der Waals surface area contributed by atoms with Crippen LogP contribution in [0.25, 0.3) is 0 Å². The van der Waals surface area contributed by atoms with Gasteiger partial charge in [0.2, 0.25) is 0 Å². The number of carboxylic acid groups (broad SMARTS) is 1. The van der Waals surface area contributed by atoms with Gasteiger partial charge in [-0.15, -0.1) is 0 Å². The lowest BCUT2D eigenvalue weighted by atomic mass is 10.2. The maximum Gasteiger partial charge on any atom is 0.437 e. The highest BCUT2D eigenvalue weighted by atomic mass is 32.3. The third-order valence-electron chi connectivity index (χ3n) is 1.94. The summed E-state index contributed by atoms with van der Waals surface area (Å²) in [6.45, 7) is 0. The fourth-order valence-electron chi connectivity index (χ4n) is 1.40. The van der Waals surface area contributed by atoms with E-state index in [1.54, 1.807) is 0 Å². The monoisotopic (exact) mass is 278 g/mol. The molecule has 0 aliphatic carbocycles. The second kappa shape index (κ2) is 5.19. The number of hydrogen-bond acceptors (Lipinski definition) is 3. The summed E-state index contributed by atoms with van der Waals surface area (Å²) in [4.78, 5) is 20.1. The number of nitrogens with zero attached hydrogens (tertiary/aromatic N) is 2. The molecule has 1 aromatic carbocycles. The molecule has 0 aliphatic heterocycles. The topological polar surface area (TPSA) is 113 Å². The van der Waals surface area contributed by atoms with Crippen LogP contribution in [0.2, 0.25) is 0 Å². The molecule has 18 heavy (non-hydrogen) atoms. The van der Waals surface area contributed by atoms with Gasteiger partial charge >= 0.3 is 6.09 Å². The zero-order valence-corrected chi connectivity index (χ0v) is 10.2. The minimum atomic E-state index is -3.15. The molecule has 0 saturated heterocycles. The van der Waals surface area contributed by atoms with Gasteiger partial charge in [-0.1, -0.05) is 10.1 Å². The minimum Gasteiger partial charge on any atom is -0.463 e. The first kappa shape index (κ1) is 14.2. The van der Waals surface area contributed by atoms with E-state index in [0.29, 0.717) is 0 Å². The van der Waals surface area contributed by atoms with E-state index in [-0.39, 0.29) is 11.3 Å². The summed E-state index contributed by atoms with van der Waals surface area (Å²) in [6.07, 6.45) is -0.308. The molecule has 0 heterocycles. The number of carbonyl (C=O) groups is 1. The SMILES string of the molecule is C[SH](O)(Cc1cc(F)cc([N+](=O)[O-])c1)=NC(=O)O. The van der Waals surface area contributed by atoms with E-state index in [4.69, 9.17) is 5.11 Å². The van der Waals surface area contributed by atoms with Crippen LogP contribution in [0.1, 0.15) is 5.56 Å². The summed E-state index contributed by atoms with van der Waals surface area (Å²) in [7, 11) is -3.15. The number of amides is 1. The molecule has 0 unspecified atom stereocenters. The molecule has 2 N–H and O–H groups in total. The molecule has 0 spiro atoms. The summed E-state index contributed by atoms with van der Waals surface area (Å²) in [5.41, 5.74) is -0.328. The summed E-state index contributed by atoms with van der Waals surface area (Å²) in [5.74, 6) is -1.06. The molecular formula is C9H11FN2O5S. The summed E-state index contributed by atoms with van der Waals surface area (Å²) in [6, 6.07) is 2.82. The van der Waals surface area contributed by atoms with Crippen molar-refractivity contribution in [3.05, 3.63) is 39.7 Å². The third kappa shape index (κ3) is 4.18. The summed E-state index contributed by atoms with van der Waals surface area (Å²) in [5, 5.41) is 19.0. The maximum absolute atomic E-state index is 13.1. The first-order chi connectivity index (χ1) is 8.19. The van der Waals surface area contributed by atoms with Gasteiger partial charge in [-0.25, -0.2) is 9.18 Å². The standard InChI is InChI=1S/C9H11FN2O5S/c1-18(17,11-9(13)14)5-6-2-7(10)4-8(3-6)12(15)16/h2-4,18H,5H2,1H3,(H,11,17)(H,13,14). The highest BCUT2D eigenvalue weighted by Crippen LogP contribution is 2.20. The molecular weight excluding hydrogens is 267 g/mol. The number of nitro groups is 1. The molecule has 100 valence electrons. The van der Waals surface area contributed by atoms with Crippen molar-refractivity contribution in [1.29, 1.82) is 0 Å². The quantitative estimate of drug-likeness (QED) is 0.445. The highest BCUT2D eigenvalue weighted by Gasteiger charge is 2.13.